The quantitative estimate of drug-likeness (QED) is 0.812. The van der Waals surface area contributed by atoms with E-state index in [1.54, 1.807) is 18.4 Å². The highest BCUT2D eigenvalue weighted by molar-refractivity contribution is 5.87. The zero-order valence-corrected chi connectivity index (χ0v) is 8.23. The van der Waals surface area contributed by atoms with E-state index in [-0.39, 0.29) is 5.91 Å². The summed E-state index contributed by atoms with van der Waals surface area (Å²) in [6.07, 6.45) is 1.59. The molecule has 2 aromatic rings. The molecular formula is C11H10N2O2. The average Bonchev–Trinajstić information content (AvgIpc) is 2.69. The van der Waals surface area contributed by atoms with Crippen molar-refractivity contribution in [3.63, 3.8) is 0 Å². The van der Waals surface area contributed by atoms with Gasteiger partial charge in [0.25, 0.3) is 0 Å². The van der Waals surface area contributed by atoms with Crippen LogP contribution in [0.2, 0.25) is 0 Å². The van der Waals surface area contributed by atoms with Gasteiger partial charge in [0, 0.05) is 6.92 Å². The average molecular weight is 202 g/mol. The number of rotatable bonds is 2. The number of nitrogens with zero attached hydrogens (tertiary/aromatic N) is 1. The van der Waals surface area contributed by atoms with Gasteiger partial charge in [0.15, 0.2) is 5.76 Å². The second-order valence-corrected chi connectivity index (χ2v) is 3.07. The summed E-state index contributed by atoms with van der Waals surface area (Å²) in [7, 11) is 0. The molecule has 0 radical (unpaired) electrons. The summed E-state index contributed by atoms with van der Waals surface area (Å²) in [6.45, 7) is 1.45. The Kier molecular flexibility index (Phi) is 2.49. The van der Waals surface area contributed by atoms with E-state index in [4.69, 9.17) is 4.42 Å². The number of furan rings is 1. The Labute approximate surface area is 86.9 Å². The molecule has 0 spiro atoms. The van der Waals surface area contributed by atoms with Crippen LogP contribution in [0.3, 0.4) is 0 Å². The number of carbonyl (C=O) groups is 1. The molecule has 0 fully saturated rings. The van der Waals surface area contributed by atoms with Crippen molar-refractivity contribution in [1.29, 1.82) is 0 Å². The molecule has 0 bridgehead atoms. The monoisotopic (exact) mass is 202 g/mol. The van der Waals surface area contributed by atoms with Gasteiger partial charge in [-0.2, -0.15) is 0 Å². The van der Waals surface area contributed by atoms with Crippen LogP contribution in [-0.4, -0.2) is 10.9 Å². The number of aromatic nitrogens is 1. The summed E-state index contributed by atoms with van der Waals surface area (Å²) in [5, 5.41) is 2.62. The Morgan fingerprint density at radius 3 is 2.87 bits per heavy atom. The van der Waals surface area contributed by atoms with Crippen molar-refractivity contribution in [3.05, 3.63) is 36.6 Å². The molecule has 15 heavy (non-hydrogen) atoms. The third-order valence-electron chi connectivity index (χ3n) is 1.83. The molecule has 0 saturated carbocycles. The van der Waals surface area contributed by atoms with E-state index in [0.717, 1.165) is 0 Å². The number of hydrogen-bond donors (Lipinski definition) is 1. The van der Waals surface area contributed by atoms with Gasteiger partial charge in [-0.3, -0.25) is 4.79 Å². The molecule has 0 unspecified atom stereocenters. The Morgan fingerprint density at radius 2 is 2.20 bits per heavy atom. The van der Waals surface area contributed by atoms with Gasteiger partial charge in [-0.15, -0.1) is 0 Å². The largest absolute Gasteiger partial charge is 0.463 e. The van der Waals surface area contributed by atoms with Gasteiger partial charge >= 0.3 is 0 Å². The van der Waals surface area contributed by atoms with Crippen molar-refractivity contribution in [2.45, 2.75) is 6.92 Å². The molecule has 0 aromatic carbocycles. The predicted molar refractivity (Wildman–Crippen MR) is 56.2 cm³/mol. The van der Waals surface area contributed by atoms with Crippen molar-refractivity contribution >= 4 is 11.7 Å². The van der Waals surface area contributed by atoms with Gasteiger partial charge < -0.3 is 9.73 Å². The number of carbonyl (C=O) groups excluding carboxylic acids is 1. The second-order valence-electron chi connectivity index (χ2n) is 3.07. The van der Waals surface area contributed by atoms with Crippen LogP contribution in [0, 0.1) is 0 Å². The maximum atomic E-state index is 10.8. The van der Waals surface area contributed by atoms with Crippen molar-refractivity contribution in [1.82, 2.24) is 4.98 Å². The zero-order chi connectivity index (χ0) is 10.7. The number of pyridine rings is 1. The van der Waals surface area contributed by atoms with Crippen LogP contribution in [-0.2, 0) is 4.79 Å². The van der Waals surface area contributed by atoms with Crippen LogP contribution in [0.15, 0.2) is 41.0 Å². The van der Waals surface area contributed by atoms with Gasteiger partial charge in [-0.1, -0.05) is 6.07 Å². The molecule has 4 heteroatoms. The minimum absolute atomic E-state index is 0.140. The van der Waals surface area contributed by atoms with Crippen molar-refractivity contribution in [2.24, 2.45) is 0 Å². The van der Waals surface area contributed by atoms with Crippen molar-refractivity contribution < 1.29 is 9.21 Å². The van der Waals surface area contributed by atoms with E-state index in [0.29, 0.717) is 17.3 Å². The lowest BCUT2D eigenvalue weighted by atomic mass is 10.3. The molecule has 1 amide bonds. The molecule has 0 saturated heterocycles. The maximum Gasteiger partial charge on any atom is 0.222 e. The first-order valence-corrected chi connectivity index (χ1v) is 4.54. The molecule has 2 heterocycles. The maximum absolute atomic E-state index is 10.8. The number of hydrogen-bond acceptors (Lipinski definition) is 3. The highest BCUT2D eigenvalue weighted by atomic mass is 16.3. The Morgan fingerprint density at radius 1 is 1.33 bits per heavy atom. The van der Waals surface area contributed by atoms with E-state index in [2.05, 4.69) is 10.3 Å². The predicted octanol–water partition coefficient (Wildman–Crippen LogP) is 2.30. The molecule has 0 atom stereocenters. The highest BCUT2D eigenvalue weighted by Gasteiger charge is 2.03. The summed E-state index contributed by atoms with van der Waals surface area (Å²) >= 11 is 0. The van der Waals surface area contributed by atoms with Crippen molar-refractivity contribution in [2.75, 3.05) is 5.32 Å². The fraction of sp³-hybridized carbons (Fsp3) is 0.0909. The third kappa shape index (κ3) is 2.22. The fourth-order valence-electron chi connectivity index (χ4n) is 1.25. The summed E-state index contributed by atoms with van der Waals surface area (Å²) < 4.78 is 5.20. The van der Waals surface area contributed by atoms with Gasteiger partial charge in [0.05, 0.1) is 6.26 Å². The van der Waals surface area contributed by atoms with Crippen LogP contribution < -0.4 is 5.32 Å². The number of nitrogens with one attached hydrogen (secondary N) is 1. The lowest BCUT2D eigenvalue weighted by Crippen LogP contribution is -2.07. The first-order valence-electron chi connectivity index (χ1n) is 4.54. The molecule has 2 rings (SSSR count). The molecule has 4 nitrogen and oxygen atoms in total. The van der Waals surface area contributed by atoms with E-state index in [1.165, 1.54) is 6.92 Å². The van der Waals surface area contributed by atoms with Gasteiger partial charge in [-0.05, 0) is 24.3 Å². The zero-order valence-electron chi connectivity index (χ0n) is 8.23. The molecule has 76 valence electrons. The van der Waals surface area contributed by atoms with Crippen LogP contribution in [0.25, 0.3) is 11.5 Å². The molecule has 2 aromatic heterocycles. The van der Waals surface area contributed by atoms with Crippen LogP contribution in [0.5, 0.6) is 0 Å². The van der Waals surface area contributed by atoms with E-state index in [9.17, 15) is 4.79 Å². The van der Waals surface area contributed by atoms with E-state index in [1.807, 2.05) is 18.2 Å². The van der Waals surface area contributed by atoms with Crippen LogP contribution >= 0.6 is 0 Å². The Bertz CT molecular complexity index is 463. The minimum atomic E-state index is -0.140. The lowest BCUT2D eigenvalue weighted by Gasteiger charge is -2.02. The summed E-state index contributed by atoms with van der Waals surface area (Å²) in [5.41, 5.74) is 0.700. The minimum Gasteiger partial charge on any atom is -0.463 e. The van der Waals surface area contributed by atoms with Gasteiger partial charge in [0.1, 0.15) is 11.5 Å². The summed E-state index contributed by atoms with van der Waals surface area (Å²) in [4.78, 5) is 15.1. The molecule has 0 aliphatic heterocycles. The first-order chi connectivity index (χ1) is 7.25. The first kappa shape index (κ1) is 9.45. The van der Waals surface area contributed by atoms with Crippen LogP contribution in [0.4, 0.5) is 5.82 Å². The molecule has 0 aliphatic rings. The molecular weight excluding hydrogens is 192 g/mol. The van der Waals surface area contributed by atoms with Gasteiger partial charge in [0.2, 0.25) is 5.91 Å². The third-order valence-corrected chi connectivity index (χ3v) is 1.83. The lowest BCUT2D eigenvalue weighted by molar-refractivity contribution is -0.114. The fourth-order valence-corrected chi connectivity index (χ4v) is 1.25. The smallest absolute Gasteiger partial charge is 0.222 e. The van der Waals surface area contributed by atoms with E-state index >= 15 is 0 Å². The normalized spacial score (nSPS) is 9.93. The standard InChI is InChI=1S/C11H10N2O2/c1-8(14)12-11-6-2-4-9(13-11)10-5-3-7-15-10/h2-7H,1H3,(H,12,13,14). The van der Waals surface area contributed by atoms with Gasteiger partial charge in [-0.25, -0.2) is 4.98 Å². The number of amides is 1. The second kappa shape index (κ2) is 3.96. The molecule has 1 N–H and O–H groups in total. The number of anilines is 1. The summed E-state index contributed by atoms with van der Waals surface area (Å²) in [5.74, 6) is 1.07. The van der Waals surface area contributed by atoms with Crippen LogP contribution in [0.1, 0.15) is 6.92 Å². The topological polar surface area (TPSA) is 55.1 Å². The van der Waals surface area contributed by atoms with E-state index < -0.39 is 0 Å². The SMILES string of the molecule is CC(=O)Nc1cccc(-c2ccco2)n1. The Hall–Kier alpha value is -2.10. The molecule has 0 aliphatic carbocycles. The Balaban J connectivity index is 2.31. The summed E-state index contributed by atoms with van der Waals surface area (Å²) in [6, 6.07) is 8.98. The highest BCUT2D eigenvalue weighted by Crippen LogP contribution is 2.18. The van der Waals surface area contributed by atoms with Crippen molar-refractivity contribution in [3.8, 4) is 11.5 Å².